The Balaban J connectivity index is 1.81. The average molecular weight is 248 g/mol. The maximum absolute atomic E-state index is 12.5. The summed E-state index contributed by atoms with van der Waals surface area (Å²) >= 11 is 0. The first-order chi connectivity index (χ1) is 8.81. The van der Waals surface area contributed by atoms with Crippen molar-refractivity contribution in [2.45, 2.75) is 44.2 Å². The van der Waals surface area contributed by atoms with Crippen molar-refractivity contribution in [1.82, 2.24) is 9.47 Å². The number of nitrogens with zero attached hydrogens (tertiary/aromatic N) is 2. The molecule has 0 radical (unpaired) electrons. The number of hydrogen-bond donors (Lipinski definition) is 1. The lowest BCUT2D eigenvalue weighted by Gasteiger charge is -2.30. The molecular formula is C14H20N2O2. The largest absolute Gasteiger partial charge is 0.394 e. The molecule has 4 heteroatoms. The molecule has 3 rings (SSSR count). The molecule has 0 spiro atoms. The van der Waals surface area contributed by atoms with Gasteiger partial charge in [-0.1, -0.05) is 0 Å². The predicted molar refractivity (Wildman–Crippen MR) is 68.5 cm³/mol. The highest BCUT2D eigenvalue weighted by Crippen LogP contribution is 2.33. The number of carbonyl (C=O) groups excluding carboxylic acids is 1. The van der Waals surface area contributed by atoms with E-state index in [0.717, 1.165) is 25.1 Å². The van der Waals surface area contributed by atoms with Gasteiger partial charge in [0, 0.05) is 18.8 Å². The lowest BCUT2D eigenvalue weighted by atomic mass is 9.93. The van der Waals surface area contributed by atoms with Crippen LogP contribution in [0.5, 0.6) is 0 Å². The van der Waals surface area contributed by atoms with Crippen molar-refractivity contribution in [3.8, 4) is 0 Å². The lowest BCUT2D eigenvalue weighted by molar-refractivity contribution is 0.0661. The van der Waals surface area contributed by atoms with Crippen LogP contribution in [0.3, 0.4) is 0 Å². The molecule has 0 aromatic carbocycles. The van der Waals surface area contributed by atoms with E-state index in [-0.39, 0.29) is 18.6 Å². The van der Waals surface area contributed by atoms with Crippen molar-refractivity contribution in [3.63, 3.8) is 0 Å². The second-order valence-electron chi connectivity index (χ2n) is 5.36. The van der Waals surface area contributed by atoms with E-state index in [4.69, 9.17) is 0 Å². The van der Waals surface area contributed by atoms with Crippen LogP contribution in [0.25, 0.3) is 0 Å². The highest BCUT2D eigenvalue weighted by Gasteiger charge is 2.31. The highest BCUT2D eigenvalue weighted by atomic mass is 16.3. The number of aromatic nitrogens is 1. The van der Waals surface area contributed by atoms with Gasteiger partial charge in [-0.15, -0.1) is 0 Å². The Labute approximate surface area is 107 Å². The van der Waals surface area contributed by atoms with E-state index in [1.165, 1.54) is 19.3 Å². The maximum atomic E-state index is 12.5. The average Bonchev–Trinajstić information content (AvgIpc) is 2.93. The third-order valence-electron chi connectivity index (χ3n) is 4.31. The number of rotatable bonds is 3. The SMILES string of the molecule is O=C(c1cccn1C1CCC1)N1CCC[C@@H]1CO. The zero-order valence-electron chi connectivity index (χ0n) is 10.6. The van der Waals surface area contributed by atoms with Gasteiger partial charge in [0.25, 0.3) is 5.91 Å². The Morgan fingerprint density at radius 1 is 1.33 bits per heavy atom. The van der Waals surface area contributed by atoms with Gasteiger partial charge in [-0.05, 0) is 44.2 Å². The van der Waals surface area contributed by atoms with E-state index in [9.17, 15) is 9.90 Å². The van der Waals surface area contributed by atoms with Crippen LogP contribution in [-0.4, -0.2) is 39.7 Å². The van der Waals surface area contributed by atoms with Gasteiger partial charge in [0.2, 0.25) is 0 Å². The van der Waals surface area contributed by atoms with E-state index < -0.39 is 0 Å². The number of aliphatic hydroxyl groups is 1. The number of amides is 1. The van der Waals surface area contributed by atoms with Crippen molar-refractivity contribution >= 4 is 5.91 Å². The molecule has 0 unspecified atom stereocenters. The number of hydrogen-bond acceptors (Lipinski definition) is 2. The fraction of sp³-hybridized carbons (Fsp3) is 0.643. The summed E-state index contributed by atoms with van der Waals surface area (Å²) in [5.74, 6) is 0.0865. The Morgan fingerprint density at radius 3 is 2.83 bits per heavy atom. The molecule has 1 amide bonds. The Morgan fingerprint density at radius 2 is 2.17 bits per heavy atom. The maximum Gasteiger partial charge on any atom is 0.270 e. The summed E-state index contributed by atoms with van der Waals surface area (Å²) in [7, 11) is 0. The monoisotopic (exact) mass is 248 g/mol. The second-order valence-corrected chi connectivity index (χ2v) is 5.36. The molecule has 0 bridgehead atoms. The Kier molecular flexibility index (Phi) is 3.12. The molecule has 18 heavy (non-hydrogen) atoms. The fourth-order valence-corrected chi connectivity index (χ4v) is 3.00. The minimum absolute atomic E-state index is 0.0160. The molecule has 1 aliphatic carbocycles. The van der Waals surface area contributed by atoms with Crippen LogP contribution in [0, 0.1) is 0 Å². The zero-order chi connectivity index (χ0) is 12.5. The molecule has 1 aromatic heterocycles. The smallest absolute Gasteiger partial charge is 0.270 e. The Hall–Kier alpha value is -1.29. The molecule has 1 aromatic rings. The van der Waals surface area contributed by atoms with Gasteiger partial charge in [0.05, 0.1) is 12.6 Å². The van der Waals surface area contributed by atoms with Gasteiger partial charge in [-0.3, -0.25) is 4.79 Å². The van der Waals surface area contributed by atoms with Gasteiger partial charge in [-0.25, -0.2) is 0 Å². The van der Waals surface area contributed by atoms with Crippen molar-refractivity contribution in [2.24, 2.45) is 0 Å². The van der Waals surface area contributed by atoms with E-state index >= 15 is 0 Å². The van der Waals surface area contributed by atoms with Crippen LogP contribution >= 0.6 is 0 Å². The molecular weight excluding hydrogens is 228 g/mol. The number of likely N-dealkylation sites (tertiary alicyclic amines) is 1. The minimum atomic E-state index is 0.0160. The van der Waals surface area contributed by atoms with E-state index in [1.807, 2.05) is 23.2 Å². The quantitative estimate of drug-likeness (QED) is 0.886. The van der Waals surface area contributed by atoms with E-state index in [1.54, 1.807) is 0 Å². The van der Waals surface area contributed by atoms with Gasteiger partial charge in [0.1, 0.15) is 5.69 Å². The normalized spacial score (nSPS) is 24.3. The predicted octanol–water partition coefficient (Wildman–Crippen LogP) is 1.81. The van der Waals surface area contributed by atoms with Gasteiger partial charge in [0.15, 0.2) is 0 Å². The van der Waals surface area contributed by atoms with Gasteiger partial charge >= 0.3 is 0 Å². The molecule has 2 aliphatic rings. The molecule has 98 valence electrons. The number of carbonyl (C=O) groups is 1. The van der Waals surface area contributed by atoms with Gasteiger partial charge < -0.3 is 14.6 Å². The third kappa shape index (κ3) is 1.85. The second kappa shape index (κ2) is 4.76. The summed E-state index contributed by atoms with van der Waals surface area (Å²) in [5, 5.41) is 9.32. The Bertz CT molecular complexity index is 437. The topological polar surface area (TPSA) is 45.5 Å². The first-order valence-corrected chi connectivity index (χ1v) is 6.90. The van der Waals surface area contributed by atoms with Gasteiger partial charge in [-0.2, -0.15) is 0 Å². The van der Waals surface area contributed by atoms with Crippen LogP contribution in [0.2, 0.25) is 0 Å². The number of aliphatic hydroxyl groups excluding tert-OH is 1. The summed E-state index contributed by atoms with van der Waals surface area (Å²) in [6.07, 6.45) is 7.56. The fourth-order valence-electron chi connectivity index (χ4n) is 3.00. The first-order valence-electron chi connectivity index (χ1n) is 6.90. The summed E-state index contributed by atoms with van der Waals surface area (Å²) in [6.45, 7) is 0.857. The molecule has 1 saturated heterocycles. The summed E-state index contributed by atoms with van der Waals surface area (Å²) in [5.41, 5.74) is 0.792. The van der Waals surface area contributed by atoms with E-state index in [0.29, 0.717) is 6.04 Å². The van der Waals surface area contributed by atoms with Crippen LogP contribution < -0.4 is 0 Å². The molecule has 1 aliphatic heterocycles. The standard InChI is InChI=1S/C14H20N2O2/c17-10-12-6-2-9-16(12)14(18)13-7-3-8-15(13)11-4-1-5-11/h3,7-8,11-12,17H,1-2,4-6,9-10H2/t12-/m1/s1. The van der Waals surface area contributed by atoms with Crippen molar-refractivity contribution in [3.05, 3.63) is 24.0 Å². The lowest BCUT2D eigenvalue weighted by Crippen LogP contribution is -2.39. The van der Waals surface area contributed by atoms with Crippen molar-refractivity contribution in [2.75, 3.05) is 13.2 Å². The molecule has 2 fully saturated rings. The van der Waals surface area contributed by atoms with Crippen LogP contribution in [0.1, 0.15) is 48.6 Å². The minimum Gasteiger partial charge on any atom is -0.394 e. The third-order valence-corrected chi connectivity index (χ3v) is 4.31. The summed E-state index contributed by atoms with van der Waals surface area (Å²) in [4.78, 5) is 14.4. The molecule has 4 nitrogen and oxygen atoms in total. The highest BCUT2D eigenvalue weighted by molar-refractivity contribution is 5.93. The zero-order valence-corrected chi connectivity index (χ0v) is 10.6. The molecule has 1 saturated carbocycles. The van der Waals surface area contributed by atoms with E-state index in [2.05, 4.69) is 4.57 Å². The molecule has 2 heterocycles. The van der Waals surface area contributed by atoms with Crippen LogP contribution in [0.4, 0.5) is 0 Å². The molecule has 1 atom stereocenters. The van der Waals surface area contributed by atoms with Crippen LogP contribution in [0.15, 0.2) is 18.3 Å². The van der Waals surface area contributed by atoms with Crippen molar-refractivity contribution in [1.29, 1.82) is 0 Å². The molecule has 1 N–H and O–H groups in total. The summed E-state index contributed by atoms with van der Waals surface area (Å²) < 4.78 is 2.12. The van der Waals surface area contributed by atoms with Crippen LogP contribution in [-0.2, 0) is 0 Å². The summed E-state index contributed by atoms with van der Waals surface area (Å²) in [6, 6.07) is 4.39. The first kappa shape index (κ1) is 11.8. The van der Waals surface area contributed by atoms with Crippen molar-refractivity contribution < 1.29 is 9.90 Å².